The molecule has 1 aliphatic carbocycles. The van der Waals surface area contributed by atoms with Gasteiger partial charge in [-0.15, -0.1) is 0 Å². The summed E-state index contributed by atoms with van der Waals surface area (Å²) in [6.07, 6.45) is 9.33. The number of amides is 1. The van der Waals surface area contributed by atoms with Crippen molar-refractivity contribution in [3.63, 3.8) is 0 Å². The number of likely N-dealkylation sites (N-methyl/N-ethyl adjacent to an activating group) is 1. The third-order valence-electron chi connectivity index (χ3n) is 4.85. The summed E-state index contributed by atoms with van der Waals surface area (Å²) >= 11 is 0. The van der Waals surface area contributed by atoms with E-state index in [0.29, 0.717) is 12.3 Å². The Kier molecular flexibility index (Phi) is 4.29. The van der Waals surface area contributed by atoms with E-state index in [9.17, 15) is 4.79 Å². The van der Waals surface area contributed by atoms with Crippen LogP contribution in [0.4, 0.5) is 0 Å². The van der Waals surface area contributed by atoms with Crippen LogP contribution in [0.25, 0.3) is 0 Å². The van der Waals surface area contributed by atoms with Gasteiger partial charge in [0.2, 0.25) is 5.91 Å². The molecule has 1 aromatic rings. The Morgan fingerprint density at radius 2 is 2.05 bits per heavy atom. The molecule has 5 heteroatoms. The second-order valence-electron chi connectivity index (χ2n) is 6.60. The predicted molar refractivity (Wildman–Crippen MR) is 81.9 cm³/mol. The van der Waals surface area contributed by atoms with E-state index >= 15 is 0 Å². The minimum atomic E-state index is 0.242. The van der Waals surface area contributed by atoms with Crippen LogP contribution in [0.3, 0.4) is 0 Å². The molecule has 1 saturated heterocycles. The van der Waals surface area contributed by atoms with E-state index in [4.69, 9.17) is 5.10 Å². The number of nitrogens with one attached hydrogen (secondary N) is 1. The molecule has 3 rings (SSSR count). The molecule has 1 unspecified atom stereocenters. The topological polar surface area (TPSA) is 50.2 Å². The van der Waals surface area contributed by atoms with Crippen molar-refractivity contribution in [2.45, 2.75) is 57.0 Å². The fourth-order valence-electron chi connectivity index (χ4n) is 3.67. The number of nitrogens with zero attached hydrogens (tertiary/aromatic N) is 3. The second-order valence-corrected chi connectivity index (χ2v) is 6.60. The highest BCUT2D eigenvalue weighted by Crippen LogP contribution is 2.33. The number of carbonyl (C=O) groups is 1. The molecule has 21 heavy (non-hydrogen) atoms. The molecule has 2 aliphatic rings. The van der Waals surface area contributed by atoms with Crippen LogP contribution < -0.4 is 5.32 Å². The second kappa shape index (κ2) is 6.18. The van der Waals surface area contributed by atoms with Gasteiger partial charge in [0.15, 0.2) is 0 Å². The van der Waals surface area contributed by atoms with Crippen LogP contribution >= 0.6 is 0 Å². The fourth-order valence-corrected chi connectivity index (χ4v) is 3.67. The van der Waals surface area contributed by atoms with Crippen molar-refractivity contribution in [2.24, 2.45) is 7.05 Å². The third-order valence-corrected chi connectivity index (χ3v) is 4.85. The molecule has 1 N–H and O–H groups in total. The number of carbonyl (C=O) groups excluding carboxylic acids is 1. The highest BCUT2D eigenvalue weighted by atomic mass is 16.2. The van der Waals surface area contributed by atoms with Crippen LogP contribution in [0.2, 0.25) is 0 Å². The number of rotatable bonds is 4. The van der Waals surface area contributed by atoms with Crippen molar-refractivity contribution in [1.29, 1.82) is 0 Å². The molecule has 1 aliphatic heterocycles. The van der Waals surface area contributed by atoms with E-state index in [1.54, 1.807) is 0 Å². The number of aryl methyl sites for hydroxylation is 1. The lowest BCUT2D eigenvalue weighted by molar-refractivity contribution is -0.126. The third kappa shape index (κ3) is 3.28. The normalized spacial score (nSPS) is 24.0. The highest BCUT2D eigenvalue weighted by molar-refractivity contribution is 5.78. The van der Waals surface area contributed by atoms with E-state index in [1.807, 2.05) is 23.7 Å². The number of hydrogen-bond donors (Lipinski definition) is 1. The fraction of sp³-hybridized carbons (Fsp3) is 0.750. The number of aromatic nitrogens is 2. The largest absolute Gasteiger partial charge is 0.344 e. The summed E-state index contributed by atoms with van der Waals surface area (Å²) in [4.78, 5) is 13.4. The van der Waals surface area contributed by atoms with Gasteiger partial charge in [-0.25, -0.2) is 0 Å². The quantitative estimate of drug-likeness (QED) is 0.920. The molecule has 1 saturated carbocycles. The Balaban J connectivity index is 1.63. The van der Waals surface area contributed by atoms with Crippen LogP contribution in [0.1, 0.15) is 55.7 Å². The molecule has 1 aromatic heterocycles. The number of likely N-dealkylation sites (tertiary alicyclic amines) is 1. The first kappa shape index (κ1) is 14.6. The summed E-state index contributed by atoms with van der Waals surface area (Å²) in [6.45, 7) is 1.64. The highest BCUT2D eigenvalue weighted by Gasteiger charge is 2.27. The first-order valence-corrected chi connectivity index (χ1v) is 8.13. The molecule has 2 heterocycles. The molecule has 2 fully saturated rings. The molecule has 0 spiro atoms. The van der Waals surface area contributed by atoms with Gasteiger partial charge in [0.25, 0.3) is 0 Å². The minimum absolute atomic E-state index is 0.242. The van der Waals surface area contributed by atoms with Crippen LogP contribution in [0.15, 0.2) is 6.20 Å². The average molecular weight is 290 g/mol. The summed E-state index contributed by atoms with van der Waals surface area (Å²) in [5.74, 6) is 0.871. The van der Waals surface area contributed by atoms with Crippen molar-refractivity contribution < 1.29 is 4.79 Å². The van der Waals surface area contributed by atoms with Crippen molar-refractivity contribution in [2.75, 3.05) is 13.6 Å². The molecular weight excluding hydrogens is 264 g/mol. The zero-order valence-electron chi connectivity index (χ0n) is 13.1. The van der Waals surface area contributed by atoms with Gasteiger partial charge < -0.3 is 10.2 Å². The van der Waals surface area contributed by atoms with E-state index in [1.165, 1.54) is 43.4 Å². The van der Waals surface area contributed by atoms with Gasteiger partial charge in [0.05, 0.1) is 5.69 Å². The first-order chi connectivity index (χ1) is 10.1. The van der Waals surface area contributed by atoms with Gasteiger partial charge in [-0.2, -0.15) is 5.10 Å². The van der Waals surface area contributed by atoms with Crippen LogP contribution in [-0.2, 0) is 18.4 Å². The summed E-state index contributed by atoms with van der Waals surface area (Å²) in [5.41, 5.74) is 2.59. The van der Waals surface area contributed by atoms with E-state index in [2.05, 4.69) is 11.5 Å². The van der Waals surface area contributed by atoms with Crippen LogP contribution in [-0.4, -0.2) is 40.2 Å². The van der Waals surface area contributed by atoms with Gasteiger partial charge in [0.1, 0.15) is 0 Å². The summed E-state index contributed by atoms with van der Waals surface area (Å²) in [5, 5.41) is 8.24. The molecule has 0 radical (unpaired) electrons. The molecule has 0 bridgehead atoms. The standard InChI is InChI=1S/C16H26N4O/c1-19-11-14(8-15(19)21)17-9-13-10-20(2)18-16(13)12-6-4-3-5-7-12/h10,12,14,17H,3-9,11H2,1-2H3. The Morgan fingerprint density at radius 3 is 2.71 bits per heavy atom. The van der Waals surface area contributed by atoms with Gasteiger partial charge in [-0.1, -0.05) is 19.3 Å². The zero-order valence-corrected chi connectivity index (χ0v) is 13.1. The Morgan fingerprint density at radius 1 is 1.29 bits per heavy atom. The van der Waals surface area contributed by atoms with Crippen LogP contribution in [0, 0.1) is 0 Å². The maximum Gasteiger partial charge on any atom is 0.224 e. The lowest BCUT2D eigenvalue weighted by Crippen LogP contribution is -2.31. The van der Waals surface area contributed by atoms with Gasteiger partial charge in [-0.3, -0.25) is 9.48 Å². The summed E-state index contributed by atoms with van der Waals surface area (Å²) in [7, 11) is 3.88. The molecular formula is C16H26N4O. The van der Waals surface area contributed by atoms with Crippen molar-refractivity contribution in [3.8, 4) is 0 Å². The molecule has 5 nitrogen and oxygen atoms in total. The number of hydrogen-bond acceptors (Lipinski definition) is 3. The lowest BCUT2D eigenvalue weighted by Gasteiger charge is -2.21. The lowest BCUT2D eigenvalue weighted by atomic mass is 9.85. The Bertz CT molecular complexity index is 504. The van der Waals surface area contributed by atoms with Gasteiger partial charge >= 0.3 is 0 Å². The minimum Gasteiger partial charge on any atom is -0.344 e. The van der Waals surface area contributed by atoms with E-state index in [0.717, 1.165) is 13.1 Å². The average Bonchev–Trinajstić information content (AvgIpc) is 3.01. The van der Waals surface area contributed by atoms with Crippen molar-refractivity contribution in [1.82, 2.24) is 20.0 Å². The molecule has 116 valence electrons. The smallest absolute Gasteiger partial charge is 0.224 e. The maximum absolute atomic E-state index is 11.6. The van der Waals surface area contributed by atoms with Crippen LogP contribution in [0.5, 0.6) is 0 Å². The molecule has 1 atom stereocenters. The van der Waals surface area contributed by atoms with Gasteiger partial charge in [0, 0.05) is 57.3 Å². The molecule has 0 aromatic carbocycles. The monoisotopic (exact) mass is 290 g/mol. The maximum atomic E-state index is 11.6. The van der Waals surface area contributed by atoms with Crippen molar-refractivity contribution >= 4 is 5.91 Å². The van der Waals surface area contributed by atoms with E-state index < -0.39 is 0 Å². The zero-order chi connectivity index (χ0) is 14.8. The van der Waals surface area contributed by atoms with Crippen molar-refractivity contribution in [3.05, 3.63) is 17.5 Å². The SMILES string of the molecule is CN1CC(NCc2cn(C)nc2C2CCCCC2)CC1=O. The Hall–Kier alpha value is -1.36. The summed E-state index contributed by atoms with van der Waals surface area (Å²) < 4.78 is 1.94. The predicted octanol–water partition coefficient (Wildman–Crippen LogP) is 1.79. The van der Waals surface area contributed by atoms with E-state index in [-0.39, 0.29) is 11.9 Å². The first-order valence-electron chi connectivity index (χ1n) is 8.13. The van der Waals surface area contributed by atoms with Gasteiger partial charge in [-0.05, 0) is 12.8 Å². The summed E-state index contributed by atoms with van der Waals surface area (Å²) in [6, 6.07) is 0.280. The molecule has 1 amide bonds. The Labute approximate surface area is 126 Å².